The number of benzene rings is 8. The van der Waals surface area contributed by atoms with E-state index < -0.39 is 5.41 Å². The SMILES string of the molecule is CC1(C)c2ccccc2-c2ccc(N(c3ccccc3)c3ccc(-c4ccc5c(oc6ccccc65)c4C4(C)c5ccccc5-c5ccccc54)cc3)cc21. The summed E-state index contributed by atoms with van der Waals surface area (Å²) in [7, 11) is 0. The normalized spacial score (nSPS) is 14.4. The van der Waals surface area contributed by atoms with E-state index in [1.54, 1.807) is 0 Å². The van der Waals surface area contributed by atoms with Gasteiger partial charge in [0.1, 0.15) is 11.2 Å². The van der Waals surface area contributed by atoms with E-state index >= 15 is 0 Å². The predicted octanol–water partition coefficient (Wildman–Crippen LogP) is 14.4. The molecule has 0 aliphatic heterocycles. The molecule has 0 N–H and O–H groups in total. The summed E-state index contributed by atoms with van der Waals surface area (Å²) in [5, 5.41) is 2.29. The molecule has 0 atom stereocenters. The zero-order chi connectivity index (χ0) is 36.9. The molecule has 2 nitrogen and oxygen atoms in total. The van der Waals surface area contributed by atoms with Gasteiger partial charge in [-0.15, -0.1) is 0 Å². The molecule has 0 radical (unpaired) electrons. The van der Waals surface area contributed by atoms with Crippen molar-refractivity contribution < 1.29 is 4.42 Å². The fourth-order valence-electron chi connectivity index (χ4n) is 9.89. The maximum absolute atomic E-state index is 6.90. The Morgan fingerprint density at radius 2 is 0.927 bits per heavy atom. The highest BCUT2D eigenvalue weighted by atomic mass is 16.3. The summed E-state index contributed by atoms with van der Waals surface area (Å²) in [6.45, 7) is 7.09. The van der Waals surface area contributed by atoms with Crippen molar-refractivity contribution in [1.82, 2.24) is 0 Å². The first-order valence-electron chi connectivity index (χ1n) is 19.3. The van der Waals surface area contributed by atoms with E-state index in [2.05, 4.69) is 208 Å². The van der Waals surface area contributed by atoms with Gasteiger partial charge < -0.3 is 9.32 Å². The topological polar surface area (TPSA) is 16.4 Å². The van der Waals surface area contributed by atoms with Gasteiger partial charge in [-0.05, 0) is 111 Å². The summed E-state index contributed by atoms with van der Waals surface area (Å²) in [5.74, 6) is 0. The van der Waals surface area contributed by atoms with E-state index in [1.807, 2.05) is 0 Å². The second-order valence-electron chi connectivity index (χ2n) is 15.8. The molecular weight excluding hydrogens is 667 g/mol. The van der Waals surface area contributed by atoms with E-state index in [4.69, 9.17) is 4.42 Å². The van der Waals surface area contributed by atoms with Crippen LogP contribution in [0.25, 0.3) is 55.3 Å². The Balaban J connectivity index is 1.10. The molecule has 11 rings (SSSR count). The van der Waals surface area contributed by atoms with Crippen molar-refractivity contribution in [2.45, 2.75) is 31.6 Å². The number of fused-ring (bicyclic) bond motifs is 9. The first-order valence-corrected chi connectivity index (χ1v) is 19.3. The first kappa shape index (κ1) is 31.8. The number of hydrogen-bond acceptors (Lipinski definition) is 2. The molecule has 0 amide bonds. The van der Waals surface area contributed by atoms with Crippen molar-refractivity contribution in [2.75, 3.05) is 4.90 Å². The van der Waals surface area contributed by atoms with Crippen molar-refractivity contribution >= 4 is 39.0 Å². The van der Waals surface area contributed by atoms with Gasteiger partial charge in [0.15, 0.2) is 0 Å². The molecule has 0 spiro atoms. The van der Waals surface area contributed by atoms with Crippen molar-refractivity contribution in [3.63, 3.8) is 0 Å². The van der Waals surface area contributed by atoms with Crippen LogP contribution in [0.4, 0.5) is 17.1 Å². The van der Waals surface area contributed by atoms with Crippen molar-refractivity contribution in [3.8, 4) is 33.4 Å². The fourth-order valence-corrected chi connectivity index (χ4v) is 9.89. The van der Waals surface area contributed by atoms with E-state index in [9.17, 15) is 0 Å². The summed E-state index contributed by atoms with van der Waals surface area (Å²) in [6.07, 6.45) is 0. The van der Waals surface area contributed by atoms with Crippen LogP contribution in [0.15, 0.2) is 186 Å². The van der Waals surface area contributed by atoms with Crippen LogP contribution in [-0.2, 0) is 10.8 Å². The van der Waals surface area contributed by atoms with Gasteiger partial charge in [-0.3, -0.25) is 0 Å². The maximum Gasteiger partial charge on any atom is 0.140 e. The summed E-state index contributed by atoms with van der Waals surface area (Å²) in [6, 6.07) is 66.5. The van der Waals surface area contributed by atoms with Gasteiger partial charge in [0.25, 0.3) is 0 Å². The van der Waals surface area contributed by atoms with Gasteiger partial charge in [-0.2, -0.15) is 0 Å². The number of furan rings is 1. The standard InChI is InChI=1S/C53H39NO/c1-52(2)45-21-11-7-17-39(45)42-30-29-37(33-48(42)52)54(35-15-5-4-6-16-35)36-27-25-34(26-28-36)38-31-32-44-43-20-10-14-24-49(43)55-51(44)50(38)53(3)46-22-12-8-18-40(46)41-19-9-13-23-47(41)53/h4-33H,1-3H3. The Labute approximate surface area is 322 Å². The molecule has 0 unspecified atom stereocenters. The fraction of sp³-hybridized carbons (Fsp3) is 0.0943. The van der Waals surface area contributed by atoms with Crippen LogP contribution in [0.3, 0.4) is 0 Å². The lowest BCUT2D eigenvalue weighted by molar-refractivity contribution is 0.638. The molecular formula is C53H39NO. The first-order chi connectivity index (χ1) is 26.9. The number of anilines is 3. The molecule has 55 heavy (non-hydrogen) atoms. The monoisotopic (exact) mass is 705 g/mol. The number of hydrogen-bond donors (Lipinski definition) is 0. The molecule has 2 heteroatoms. The van der Waals surface area contributed by atoms with Gasteiger partial charge >= 0.3 is 0 Å². The number of para-hydroxylation sites is 2. The van der Waals surface area contributed by atoms with Gasteiger partial charge in [-0.25, -0.2) is 0 Å². The number of nitrogens with zero attached hydrogens (tertiary/aromatic N) is 1. The van der Waals surface area contributed by atoms with Crippen LogP contribution < -0.4 is 4.90 Å². The highest BCUT2D eigenvalue weighted by Crippen LogP contribution is 2.57. The van der Waals surface area contributed by atoms with E-state index in [-0.39, 0.29) is 5.41 Å². The lowest BCUT2D eigenvalue weighted by Gasteiger charge is -2.31. The molecule has 9 aromatic rings. The maximum atomic E-state index is 6.90. The molecule has 8 aromatic carbocycles. The molecule has 1 aromatic heterocycles. The van der Waals surface area contributed by atoms with Crippen LogP contribution in [0.5, 0.6) is 0 Å². The minimum Gasteiger partial charge on any atom is -0.456 e. The third kappa shape index (κ3) is 4.49. The third-order valence-corrected chi connectivity index (χ3v) is 12.5. The quantitative estimate of drug-likeness (QED) is 0.177. The molecule has 2 aliphatic carbocycles. The third-order valence-electron chi connectivity index (χ3n) is 12.5. The second kappa shape index (κ2) is 11.7. The molecule has 262 valence electrons. The molecule has 0 fully saturated rings. The Morgan fingerprint density at radius 1 is 0.400 bits per heavy atom. The van der Waals surface area contributed by atoms with Crippen LogP contribution in [0.2, 0.25) is 0 Å². The molecule has 0 bridgehead atoms. The Morgan fingerprint density at radius 3 is 1.64 bits per heavy atom. The van der Waals surface area contributed by atoms with E-state index in [0.29, 0.717) is 0 Å². The largest absolute Gasteiger partial charge is 0.456 e. The highest BCUT2D eigenvalue weighted by molar-refractivity contribution is 6.09. The molecule has 1 heterocycles. The zero-order valence-electron chi connectivity index (χ0n) is 31.2. The summed E-state index contributed by atoms with van der Waals surface area (Å²) in [4.78, 5) is 2.39. The number of rotatable bonds is 5. The van der Waals surface area contributed by atoms with Crippen molar-refractivity contribution in [3.05, 3.63) is 210 Å². The predicted molar refractivity (Wildman–Crippen MR) is 229 cm³/mol. The zero-order valence-corrected chi connectivity index (χ0v) is 31.2. The van der Waals surface area contributed by atoms with Gasteiger partial charge in [0, 0.05) is 44.2 Å². The van der Waals surface area contributed by atoms with Crippen LogP contribution >= 0.6 is 0 Å². The van der Waals surface area contributed by atoms with Crippen LogP contribution in [0.1, 0.15) is 48.6 Å². The Kier molecular flexibility index (Phi) is 6.76. The molecule has 0 saturated carbocycles. The van der Waals surface area contributed by atoms with Gasteiger partial charge in [-0.1, -0.05) is 147 Å². The lowest BCUT2D eigenvalue weighted by atomic mass is 9.71. The summed E-state index contributed by atoms with van der Waals surface area (Å²) >= 11 is 0. The van der Waals surface area contributed by atoms with Crippen LogP contribution in [0, 0.1) is 0 Å². The van der Waals surface area contributed by atoms with Crippen molar-refractivity contribution in [1.29, 1.82) is 0 Å². The minimum atomic E-state index is -0.445. The average molecular weight is 706 g/mol. The summed E-state index contributed by atoms with van der Waals surface area (Å²) in [5.41, 5.74) is 18.8. The van der Waals surface area contributed by atoms with Crippen LogP contribution in [-0.4, -0.2) is 0 Å². The second-order valence-corrected chi connectivity index (χ2v) is 15.8. The smallest absolute Gasteiger partial charge is 0.140 e. The summed E-state index contributed by atoms with van der Waals surface area (Å²) < 4.78 is 6.90. The van der Waals surface area contributed by atoms with E-state index in [1.165, 1.54) is 55.6 Å². The Bertz CT molecular complexity index is 2920. The molecule has 0 saturated heterocycles. The lowest BCUT2D eigenvalue weighted by Crippen LogP contribution is -2.23. The molecule has 2 aliphatic rings. The average Bonchev–Trinajstić information content (AvgIpc) is 3.82. The van der Waals surface area contributed by atoms with Gasteiger partial charge in [0.05, 0.1) is 0 Å². The minimum absolute atomic E-state index is 0.0898. The Hall–Kier alpha value is -6.64. The highest BCUT2D eigenvalue weighted by Gasteiger charge is 2.44. The van der Waals surface area contributed by atoms with Crippen molar-refractivity contribution in [2.24, 2.45) is 0 Å². The van der Waals surface area contributed by atoms with Gasteiger partial charge in [0.2, 0.25) is 0 Å². The van der Waals surface area contributed by atoms with E-state index in [0.717, 1.165) is 44.6 Å².